The minimum absolute atomic E-state index is 0.0311. The molecule has 0 radical (unpaired) electrons. The van der Waals surface area contributed by atoms with Gasteiger partial charge in [-0.1, -0.05) is 6.92 Å². The van der Waals surface area contributed by atoms with Crippen LogP contribution in [0.3, 0.4) is 0 Å². The first-order valence-corrected chi connectivity index (χ1v) is 8.61. The monoisotopic (exact) mass is 312 g/mol. The van der Waals surface area contributed by atoms with Crippen LogP contribution < -0.4 is 10.6 Å². The summed E-state index contributed by atoms with van der Waals surface area (Å²) in [5.41, 5.74) is 0.503. The summed E-state index contributed by atoms with van der Waals surface area (Å²) >= 11 is 0. The number of nitrogens with zero attached hydrogens (tertiary/aromatic N) is 2. The molecular formula is C13H20N4O3S. The van der Waals surface area contributed by atoms with Gasteiger partial charge < -0.3 is 15.5 Å². The highest BCUT2D eigenvalue weighted by atomic mass is 32.2. The van der Waals surface area contributed by atoms with E-state index in [-0.39, 0.29) is 11.7 Å². The number of carbonyl (C=O) groups is 1. The number of sulfonamides is 1. The van der Waals surface area contributed by atoms with Gasteiger partial charge in [0.2, 0.25) is 0 Å². The van der Waals surface area contributed by atoms with Gasteiger partial charge in [0.05, 0.1) is 11.3 Å². The molecule has 0 saturated heterocycles. The standard InChI is InChI=1S/C13H20N4O3S/c1-2-5-14-6-7-15-13(18)11-3-4-12-16-21(19,20)9-8-17(12)10-11/h3-4,10,14H,2,5-9H2,1H3,(H,15,18). The van der Waals surface area contributed by atoms with E-state index in [2.05, 4.69) is 22.0 Å². The predicted molar refractivity (Wildman–Crippen MR) is 81.3 cm³/mol. The Labute approximate surface area is 124 Å². The van der Waals surface area contributed by atoms with E-state index in [4.69, 9.17) is 0 Å². The minimum Gasteiger partial charge on any atom is -0.351 e. The first-order valence-electron chi connectivity index (χ1n) is 7.00. The molecule has 2 aliphatic heterocycles. The molecule has 0 aromatic heterocycles. The Morgan fingerprint density at radius 1 is 1.33 bits per heavy atom. The fourth-order valence-electron chi connectivity index (χ4n) is 2.00. The summed E-state index contributed by atoms with van der Waals surface area (Å²) in [6.45, 7) is 4.62. The van der Waals surface area contributed by atoms with Crippen molar-refractivity contribution >= 4 is 21.8 Å². The van der Waals surface area contributed by atoms with Crippen LogP contribution in [-0.4, -0.2) is 57.0 Å². The topological polar surface area (TPSA) is 90.9 Å². The predicted octanol–water partition coefficient (Wildman–Crippen LogP) is -0.400. The number of amides is 1. The minimum atomic E-state index is -3.36. The zero-order valence-electron chi connectivity index (χ0n) is 12.0. The average molecular weight is 312 g/mol. The summed E-state index contributed by atoms with van der Waals surface area (Å²) in [7, 11) is -3.36. The van der Waals surface area contributed by atoms with Gasteiger partial charge >= 0.3 is 0 Å². The van der Waals surface area contributed by atoms with Crippen molar-refractivity contribution < 1.29 is 13.2 Å². The molecule has 0 aromatic rings. The third-order valence-electron chi connectivity index (χ3n) is 3.10. The lowest BCUT2D eigenvalue weighted by molar-refractivity contribution is -0.117. The van der Waals surface area contributed by atoms with Crippen LogP contribution in [0.4, 0.5) is 0 Å². The Bertz CT molecular complexity index is 593. The molecule has 21 heavy (non-hydrogen) atoms. The normalized spacial score (nSPS) is 19.6. The van der Waals surface area contributed by atoms with E-state index in [0.29, 0.717) is 24.5 Å². The molecule has 0 unspecified atom stereocenters. The van der Waals surface area contributed by atoms with Crippen LogP contribution in [0.5, 0.6) is 0 Å². The van der Waals surface area contributed by atoms with E-state index in [9.17, 15) is 13.2 Å². The van der Waals surface area contributed by atoms with Gasteiger partial charge in [0.15, 0.2) is 0 Å². The smallest absolute Gasteiger partial charge is 0.256 e. The highest BCUT2D eigenvalue weighted by Gasteiger charge is 2.24. The lowest BCUT2D eigenvalue weighted by Crippen LogP contribution is -2.38. The van der Waals surface area contributed by atoms with E-state index < -0.39 is 10.0 Å². The van der Waals surface area contributed by atoms with Crippen LogP contribution >= 0.6 is 0 Å². The molecule has 0 aromatic carbocycles. The molecular weight excluding hydrogens is 292 g/mol. The van der Waals surface area contributed by atoms with Crippen molar-refractivity contribution in [2.75, 3.05) is 31.9 Å². The van der Waals surface area contributed by atoms with Gasteiger partial charge in [-0.05, 0) is 25.1 Å². The molecule has 1 amide bonds. The Balaban J connectivity index is 1.90. The molecule has 0 bridgehead atoms. The van der Waals surface area contributed by atoms with Crippen LogP contribution in [0, 0.1) is 0 Å². The molecule has 2 rings (SSSR count). The van der Waals surface area contributed by atoms with Crippen LogP contribution in [0.2, 0.25) is 0 Å². The first kappa shape index (κ1) is 15.7. The molecule has 8 heteroatoms. The van der Waals surface area contributed by atoms with Gasteiger partial charge in [-0.25, -0.2) is 8.42 Å². The van der Waals surface area contributed by atoms with E-state index >= 15 is 0 Å². The van der Waals surface area contributed by atoms with Gasteiger partial charge in [-0.15, -0.1) is 4.40 Å². The summed E-state index contributed by atoms with van der Waals surface area (Å²) in [5.74, 6) is 0.163. The van der Waals surface area contributed by atoms with E-state index in [1.165, 1.54) is 0 Å². The van der Waals surface area contributed by atoms with Crippen molar-refractivity contribution in [2.24, 2.45) is 4.40 Å². The van der Waals surface area contributed by atoms with Gasteiger partial charge in [-0.2, -0.15) is 0 Å². The Morgan fingerprint density at radius 3 is 2.90 bits per heavy atom. The molecule has 7 nitrogen and oxygen atoms in total. The number of fused-ring (bicyclic) bond motifs is 1. The molecule has 2 aliphatic rings. The van der Waals surface area contributed by atoms with E-state index in [1.54, 1.807) is 23.3 Å². The van der Waals surface area contributed by atoms with Crippen molar-refractivity contribution in [3.63, 3.8) is 0 Å². The third-order valence-corrected chi connectivity index (χ3v) is 4.26. The lowest BCUT2D eigenvalue weighted by Gasteiger charge is -2.26. The summed E-state index contributed by atoms with van der Waals surface area (Å²) in [4.78, 5) is 13.7. The van der Waals surface area contributed by atoms with Gasteiger partial charge in [0, 0.05) is 25.8 Å². The number of carbonyl (C=O) groups excluding carboxylic acids is 1. The number of rotatable bonds is 6. The van der Waals surface area contributed by atoms with Crippen LogP contribution in [0.15, 0.2) is 28.3 Å². The SMILES string of the molecule is CCCNCCNC(=O)C1=CN2CCS(=O)(=O)N=C2C=C1. The molecule has 0 aliphatic carbocycles. The fourth-order valence-corrected chi connectivity index (χ4v) is 2.97. The largest absolute Gasteiger partial charge is 0.351 e. The molecule has 0 spiro atoms. The zero-order chi connectivity index (χ0) is 15.3. The van der Waals surface area contributed by atoms with Crippen LogP contribution in [-0.2, 0) is 14.8 Å². The molecule has 2 N–H and O–H groups in total. The second-order valence-electron chi connectivity index (χ2n) is 4.85. The van der Waals surface area contributed by atoms with E-state index in [1.807, 2.05) is 0 Å². The van der Waals surface area contributed by atoms with Gasteiger partial charge in [-0.3, -0.25) is 4.79 Å². The molecule has 0 fully saturated rings. The summed E-state index contributed by atoms with van der Waals surface area (Å²) in [6.07, 6.45) is 5.84. The van der Waals surface area contributed by atoms with Crippen LogP contribution in [0.25, 0.3) is 0 Å². The van der Waals surface area contributed by atoms with Crippen molar-refractivity contribution in [2.45, 2.75) is 13.3 Å². The summed E-state index contributed by atoms with van der Waals surface area (Å²) < 4.78 is 26.5. The third kappa shape index (κ3) is 4.40. The van der Waals surface area contributed by atoms with Crippen molar-refractivity contribution in [3.05, 3.63) is 23.9 Å². The molecule has 0 atom stereocenters. The molecule has 0 saturated carbocycles. The van der Waals surface area contributed by atoms with Gasteiger partial charge in [0.1, 0.15) is 5.84 Å². The first-order chi connectivity index (χ1) is 10.0. The number of amidine groups is 1. The van der Waals surface area contributed by atoms with Crippen molar-refractivity contribution in [1.29, 1.82) is 0 Å². The fraction of sp³-hybridized carbons (Fsp3) is 0.538. The van der Waals surface area contributed by atoms with Crippen molar-refractivity contribution in [3.8, 4) is 0 Å². The van der Waals surface area contributed by atoms with Crippen LogP contribution in [0.1, 0.15) is 13.3 Å². The number of nitrogens with one attached hydrogen (secondary N) is 2. The second-order valence-corrected chi connectivity index (χ2v) is 6.61. The molecule has 116 valence electrons. The highest BCUT2D eigenvalue weighted by molar-refractivity contribution is 7.90. The maximum absolute atomic E-state index is 12.0. The molecule has 2 heterocycles. The van der Waals surface area contributed by atoms with E-state index in [0.717, 1.165) is 19.5 Å². The number of hydrogen-bond donors (Lipinski definition) is 2. The average Bonchev–Trinajstić information content (AvgIpc) is 2.45. The Morgan fingerprint density at radius 2 is 2.14 bits per heavy atom. The quantitative estimate of drug-likeness (QED) is 0.651. The van der Waals surface area contributed by atoms with Gasteiger partial charge in [0.25, 0.3) is 15.9 Å². The summed E-state index contributed by atoms with van der Waals surface area (Å²) in [5, 5.41) is 6.02. The Kier molecular flexibility index (Phi) is 5.13. The summed E-state index contributed by atoms with van der Waals surface area (Å²) in [6, 6.07) is 0. The number of hydrogen-bond acceptors (Lipinski definition) is 5. The zero-order valence-corrected chi connectivity index (χ0v) is 12.8. The Hall–Kier alpha value is -1.67. The maximum atomic E-state index is 12.0. The second kappa shape index (κ2) is 6.86. The highest BCUT2D eigenvalue weighted by Crippen LogP contribution is 2.15. The lowest BCUT2D eigenvalue weighted by atomic mass is 10.2. The maximum Gasteiger partial charge on any atom is 0.256 e. The van der Waals surface area contributed by atoms with Crippen molar-refractivity contribution in [1.82, 2.24) is 15.5 Å².